The van der Waals surface area contributed by atoms with E-state index in [9.17, 15) is 0 Å². The fourth-order valence-electron chi connectivity index (χ4n) is 3.93. The van der Waals surface area contributed by atoms with Crippen LogP contribution in [-0.2, 0) is 18.3 Å². The highest BCUT2D eigenvalue weighted by Crippen LogP contribution is 2.33. The lowest BCUT2D eigenvalue weighted by Crippen LogP contribution is -2.60. The second kappa shape index (κ2) is 11.0. The molecule has 7 nitrogen and oxygen atoms in total. The van der Waals surface area contributed by atoms with Gasteiger partial charge in [-0.2, -0.15) is 16.9 Å². The Balaban J connectivity index is 0.00000280. The lowest BCUT2D eigenvalue weighted by molar-refractivity contribution is -0.0120. The number of thioether (sulfide) groups is 1. The fraction of sp³-hybridized carbons (Fsp3) is 0.789. The molecule has 0 aromatic carbocycles. The zero-order valence-corrected chi connectivity index (χ0v) is 20.7. The largest absolute Gasteiger partial charge is 0.379 e. The monoisotopic (exact) mass is 522 g/mol. The van der Waals surface area contributed by atoms with Crippen LogP contribution in [-0.4, -0.2) is 77.1 Å². The molecule has 1 atom stereocenters. The normalized spacial score (nSPS) is 23.5. The first-order valence-corrected chi connectivity index (χ1v) is 11.1. The zero-order valence-electron chi connectivity index (χ0n) is 17.6. The molecular weight excluding hydrogens is 487 g/mol. The Morgan fingerprint density at radius 1 is 1.29 bits per heavy atom. The third-order valence-electron chi connectivity index (χ3n) is 5.75. The molecule has 0 spiro atoms. The van der Waals surface area contributed by atoms with Gasteiger partial charge in [-0.1, -0.05) is 0 Å². The van der Waals surface area contributed by atoms with Gasteiger partial charge < -0.3 is 15.4 Å². The number of ether oxygens (including phenoxy) is 1. The number of nitrogens with zero attached hydrogens (tertiary/aromatic N) is 4. The van der Waals surface area contributed by atoms with Gasteiger partial charge in [0.2, 0.25) is 0 Å². The van der Waals surface area contributed by atoms with Crippen molar-refractivity contribution in [2.75, 3.05) is 50.9 Å². The van der Waals surface area contributed by atoms with Gasteiger partial charge in [0, 0.05) is 55.8 Å². The third-order valence-corrected chi connectivity index (χ3v) is 6.98. The maximum atomic E-state index is 5.57. The molecule has 0 bridgehead atoms. The van der Waals surface area contributed by atoms with Crippen LogP contribution in [0.15, 0.2) is 4.99 Å². The summed E-state index contributed by atoms with van der Waals surface area (Å²) in [7, 11) is 1.99. The number of morpholine rings is 1. The highest BCUT2D eigenvalue weighted by Gasteiger charge is 2.40. The molecule has 3 rings (SSSR count). The summed E-state index contributed by atoms with van der Waals surface area (Å²) in [6.07, 6.45) is 1.23. The average molecular weight is 523 g/mol. The predicted octanol–water partition coefficient (Wildman–Crippen LogP) is 1.92. The van der Waals surface area contributed by atoms with E-state index < -0.39 is 0 Å². The molecule has 28 heavy (non-hydrogen) atoms. The van der Waals surface area contributed by atoms with Crippen molar-refractivity contribution >= 4 is 41.7 Å². The molecule has 1 aromatic heterocycles. The second-order valence-corrected chi connectivity index (χ2v) is 8.55. The Hall–Kier alpha value is -0.520. The van der Waals surface area contributed by atoms with E-state index in [1.807, 2.05) is 11.7 Å². The minimum atomic E-state index is 0. The molecular formula is C19H35IN6OS. The molecule has 2 aliphatic rings. The van der Waals surface area contributed by atoms with Crippen molar-refractivity contribution in [2.45, 2.75) is 39.3 Å². The third kappa shape index (κ3) is 5.54. The number of aliphatic imine (C=N–C) groups is 1. The molecule has 2 saturated heterocycles. The highest BCUT2D eigenvalue weighted by atomic mass is 127. The lowest BCUT2D eigenvalue weighted by Gasteiger charge is -2.43. The van der Waals surface area contributed by atoms with Crippen molar-refractivity contribution in [1.82, 2.24) is 25.3 Å². The molecule has 3 heterocycles. The van der Waals surface area contributed by atoms with Crippen LogP contribution in [0.25, 0.3) is 0 Å². The average Bonchev–Trinajstić information content (AvgIpc) is 3.25. The van der Waals surface area contributed by atoms with Crippen molar-refractivity contribution < 1.29 is 4.74 Å². The predicted molar refractivity (Wildman–Crippen MR) is 128 cm³/mol. The minimum Gasteiger partial charge on any atom is -0.379 e. The second-order valence-electron chi connectivity index (χ2n) is 7.45. The van der Waals surface area contributed by atoms with Gasteiger partial charge in [0.15, 0.2) is 5.96 Å². The first kappa shape index (κ1) is 23.8. The van der Waals surface area contributed by atoms with E-state index in [0.717, 1.165) is 51.0 Å². The van der Waals surface area contributed by atoms with Crippen molar-refractivity contribution in [3.8, 4) is 0 Å². The molecule has 160 valence electrons. The van der Waals surface area contributed by atoms with Crippen LogP contribution >= 0.6 is 35.7 Å². The summed E-state index contributed by atoms with van der Waals surface area (Å²) < 4.78 is 7.50. The van der Waals surface area contributed by atoms with Gasteiger partial charge in [0.1, 0.15) is 0 Å². The summed E-state index contributed by atoms with van der Waals surface area (Å²) in [5.41, 5.74) is 3.68. The molecule has 9 heteroatoms. The van der Waals surface area contributed by atoms with Gasteiger partial charge in [-0.3, -0.25) is 9.58 Å². The molecule has 2 fully saturated rings. The first-order valence-electron chi connectivity index (χ1n) is 9.97. The molecule has 0 aliphatic carbocycles. The van der Waals surface area contributed by atoms with Crippen molar-refractivity contribution in [1.29, 1.82) is 0 Å². The lowest BCUT2D eigenvalue weighted by atomic mass is 9.95. The topological polar surface area (TPSA) is 66.7 Å². The van der Waals surface area contributed by atoms with Gasteiger partial charge >= 0.3 is 0 Å². The number of guanidine groups is 1. The standard InChI is InChI=1S/C19H34N6OS.HI/c1-5-20-18(21-12-17-15(2)23-24(4)16(17)3)22-13-19(6-11-27-14-19)25-7-9-26-10-8-25;/h5-14H2,1-4H3,(H2,20,21,22);1H. The number of halogens is 1. The fourth-order valence-corrected chi connectivity index (χ4v) is 5.41. The molecule has 0 amide bonds. The number of hydrogen-bond donors (Lipinski definition) is 2. The van der Waals surface area contributed by atoms with Gasteiger partial charge in [0.05, 0.1) is 25.5 Å². The smallest absolute Gasteiger partial charge is 0.191 e. The van der Waals surface area contributed by atoms with Crippen LogP contribution in [0.4, 0.5) is 0 Å². The van der Waals surface area contributed by atoms with Crippen molar-refractivity contribution in [3.63, 3.8) is 0 Å². The van der Waals surface area contributed by atoms with Crippen LogP contribution in [0, 0.1) is 13.8 Å². The van der Waals surface area contributed by atoms with Gasteiger partial charge in [-0.15, -0.1) is 24.0 Å². The van der Waals surface area contributed by atoms with E-state index in [1.54, 1.807) is 0 Å². The Kier molecular flexibility index (Phi) is 9.36. The Bertz CT molecular complexity index is 653. The quantitative estimate of drug-likeness (QED) is 0.338. The summed E-state index contributed by atoms with van der Waals surface area (Å²) in [6.45, 7) is 12.5. The highest BCUT2D eigenvalue weighted by molar-refractivity contribution is 14.0. The van der Waals surface area contributed by atoms with Gasteiger partial charge in [-0.25, -0.2) is 4.99 Å². The van der Waals surface area contributed by atoms with E-state index in [2.05, 4.69) is 53.2 Å². The van der Waals surface area contributed by atoms with Crippen LogP contribution in [0.5, 0.6) is 0 Å². The summed E-state index contributed by atoms with van der Waals surface area (Å²) >= 11 is 2.06. The molecule has 2 aliphatic heterocycles. The summed E-state index contributed by atoms with van der Waals surface area (Å²) in [6, 6.07) is 0. The van der Waals surface area contributed by atoms with E-state index in [4.69, 9.17) is 9.73 Å². The molecule has 1 aromatic rings. The van der Waals surface area contributed by atoms with Crippen molar-refractivity contribution in [2.24, 2.45) is 12.0 Å². The first-order chi connectivity index (χ1) is 13.1. The maximum Gasteiger partial charge on any atom is 0.191 e. The van der Waals surface area contributed by atoms with E-state index in [1.165, 1.54) is 29.2 Å². The van der Waals surface area contributed by atoms with Crippen LogP contribution in [0.3, 0.4) is 0 Å². The van der Waals surface area contributed by atoms with Crippen LogP contribution in [0.1, 0.15) is 30.3 Å². The number of nitrogens with one attached hydrogen (secondary N) is 2. The van der Waals surface area contributed by atoms with Crippen LogP contribution in [0.2, 0.25) is 0 Å². The number of aromatic nitrogens is 2. The summed E-state index contributed by atoms with van der Waals surface area (Å²) in [5, 5.41) is 11.5. The molecule has 0 radical (unpaired) electrons. The Morgan fingerprint density at radius 2 is 2.04 bits per heavy atom. The zero-order chi connectivity index (χ0) is 19.3. The number of rotatable bonds is 6. The van der Waals surface area contributed by atoms with Crippen molar-refractivity contribution in [3.05, 3.63) is 17.0 Å². The van der Waals surface area contributed by atoms with Crippen LogP contribution < -0.4 is 10.6 Å². The maximum absolute atomic E-state index is 5.57. The van der Waals surface area contributed by atoms with E-state index >= 15 is 0 Å². The molecule has 1 unspecified atom stereocenters. The van der Waals surface area contributed by atoms with E-state index in [-0.39, 0.29) is 29.5 Å². The number of hydrogen-bond acceptors (Lipinski definition) is 5. The van der Waals surface area contributed by atoms with E-state index in [0.29, 0.717) is 6.54 Å². The Labute approximate surface area is 190 Å². The SMILES string of the molecule is CCNC(=NCc1c(C)nn(C)c1C)NCC1(N2CCOCC2)CCSC1.I. The molecule has 2 N–H and O–H groups in total. The van der Waals surface area contributed by atoms with Gasteiger partial charge in [-0.05, 0) is 32.9 Å². The van der Waals surface area contributed by atoms with Gasteiger partial charge in [0.25, 0.3) is 0 Å². The number of aryl methyl sites for hydroxylation is 2. The minimum absolute atomic E-state index is 0. The Morgan fingerprint density at radius 3 is 2.61 bits per heavy atom. The summed E-state index contributed by atoms with van der Waals surface area (Å²) in [4.78, 5) is 7.47. The summed E-state index contributed by atoms with van der Waals surface area (Å²) in [5.74, 6) is 3.31. The molecule has 0 saturated carbocycles.